The lowest BCUT2D eigenvalue weighted by atomic mass is 9.88. The summed E-state index contributed by atoms with van der Waals surface area (Å²) in [5, 5.41) is 40.0. The van der Waals surface area contributed by atoms with Gasteiger partial charge < -0.3 is 29.9 Å². The van der Waals surface area contributed by atoms with Crippen molar-refractivity contribution in [3.05, 3.63) is 64.7 Å². The van der Waals surface area contributed by atoms with Gasteiger partial charge in [-0.3, -0.25) is 0 Å². The molecule has 4 N–H and O–H groups in total. The third-order valence-corrected chi connectivity index (χ3v) is 5.96. The Balaban J connectivity index is 1.59. The van der Waals surface area contributed by atoms with E-state index in [0.717, 1.165) is 29.5 Å². The lowest BCUT2D eigenvalue weighted by Gasteiger charge is -2.40. The van der Waals surface area contributed by atoms with E-state index in [2.05, 4.69) is 4.74 Å². The number of rotatable bonds is 6. The zero-order valence-corrected chi connectivity index (χ0v) is 17.1. The van der Waals surface area contributed by atoms with E-state index in [-0.39, 0.29) is 5.75 Å². The fourth-order valence-electron chi connectivity index (χ4n) is 4.15. The van der Waals surface area contributed by atoms with E-state index in [0.29, 0.717) is 17.9 Å². The molecule has 2 aromatic rings. The van der Waals surface area contributed by atoms with Crippen LogP contribution in [-0.4, -0.2) is 57.8 Å². The molecule has 32 heavy (non-hydrogen) atoms. The summed E-state index contributed by atoms with van der Waals surface area (Å²) in [4.78, 5) is 0. The first-order valence-corrected chi connectivity index (χ1v) is 10.4. The minimum atomic E-state index is -4.75. The predicted octanol–water partition coefficient (Wildman–Crippen LogP) is 2.57. The molecule has 0 aromatic heterocycles. The van der Waals surface area contributed by atoms with Gasteiger partial charge in [0.1, 0.15) is 36.3 Å². The largest absolute Gasteiger partial charge is 0.573 e. The molecule has 2 aliphatic rings. The van der Waals surface area contributed by atoms with Crippen molar-refractivity contribution < 1.29 is 43.1 Å². The Morgan fingerprint density at radius 3 is 2.22 bits per heavy atom. The van der Waals surface area contributed by atoms with Crippen molar-refractivity contribution in [2.45, 2.75) is 62.1 Å². The third kappa shape index (κ3) is 5.07. The van der Waals surface area contributed by atoms with Crippen molar-refractivity contribution in [3.63, 3.8) is 0 Å². The highest BCUT2D eigenvalue weighted by Gasteiger charge is 2.44. The second-order valence-corrected chi connectivity index (χ2v) is 8.35. The number of hydrogen-bond acceptors (Lipinski definition) is 6. The molecule has 1 aliphatic heterocycles. The first-order valence-electron chi connectivity index (χ1n) is 10.4. The first kappa shape index (κ1) is 23.0. The molecule has 4 rings (SSSR count). The molecule has 1 heterocycles. The molecular formula is C23H25F3O6. The summed E-state index contributed by atoms with van der Waals surface area (Å²) in [6.45, 7) is -0.513. The van der Waals surface area contributed by atoms with Crippen LogP contribution in [0.4, 0.5) is 13.2 Å². The van der Waals surface area contributed by atoms with E-state index in [1.54, 1.807) is 18.2 Å². The number of hydrogen-bond donors (Lipinski definition) is 4. The average molecular weight is 454 g/mol. The summed E-state index contributed by atoms with van der Waals surface area (Å²) in [5.41, 5.74) is 3.42. The summed E-state index contributed by atoms with van der Waals surface area (Å²) < 4.78 is 46.8. The zero-order valence-electron chi connectivity index (χ0n) is 17.1. The van der Waals surface area contributed by atoms with Gasteiger partial charge in [0.05, 0.1) is 6.61 Å². The van der Waals surface area contributed by atoms with Crippen LogP contribution in [0, 0.1) is 0 Å². The van der Waals surface area contributed by atoms with Gasteiger partial charge in [0.25, 0.3) is 0 Å². The predicted molar refractivity (Wildman–Crippen MR) is 107 cm³/mol. The Bertz CT molecular complexity index is 926. The molecule has 6 nitrogen and oxygen atoms in total. The van der Waals surface area contributed by atoms with Gasteiger partial charge in [-0.25, -0.2) is 0 Å². The molecule has 2 aromatic carbocycles. The lowest BCUT2D eigenvalue weighted by molar-refractivity contribution is -0.274. The second-order valence-electron chi connectivity index (χ2n) is 8.35. The topological polar surface area (TPSA) is 99.4 Å². The van der Waals surface area contributed by atoms with Crippen LogP contribution < -0.4 is 4.74 Å². The minimum absolute atomic E-state index is 0.293. The summed E-state index contributed by atoms with van der Waals surface area (Å²) in [5.74, 6) is 0.112. The average Bonchev–Trinajstić information content (AvgIpc) is 3.58. The SMILES string of the molecule is OC[C@H]1O[C@@H](c2ccc(C3CC3)c(Cc3ccc(OC(F)(F)F)cc3)c2)[C@H](O)[C@@H](O)[C@@H]1O. The molecule has 0 spiro atoms. The molecule has 1 saturated heterocycles. The summed E-state index contributed by atoms with van der Waals surface area (Å²) >= 11 is 0. The van der Waals surface area contributed by atoms with E-state index in [1.807, 2.05) is 12.1 Å². The van der Waals surface area contributed by atoms with Crippen molar-refractivity contribution in [3.8, 4) is 5.75 Å². The molecule has 0 amide bonds. The molecule has 1 saturated carbocycles. The Morgan fingerprint density at radius 1 is 0.938 bits per heavy atom. The van der Waals surface area contributed by atoms with Gasteiger partial charge in [0.15, 0.2) is 0 Å². The standard InChI is InChI=1S/C23H25F3O6/c24-23(25,26)32-16-6-1-12(2-7-16)9-15-10-14(5-8-17(15)13-3-4-13)22-21(30)20(29)19(28)18(11-27)31-22/h1-2,5-8,10,13,18-22,27-30H,3-4,9,11H2/t18-,19-,20+,21-,22+/m1/s1. The molecule has 0 radical (unpaired) electrons. The Labute approximate surface area is 182 Å². The minimum Gasteiger partial charge on any atom is -0.406 e. The molecule has 0 unspecified atom stereocenters. The van der Waals surface area contributed by atoms with Crippen LogP contribution >= 0.6 is 0 Å². The maximum atomic E-state index is 12.4. The number of benzene rings is 2. The van der Waals surface area contributed by atoms with E-state index in [9.17, 15) is 33.6 Å². The number of aliphatic hydroxyl groups is 4. The van der Waals surface area contributed by atoms with Crippen LogP contribution in [0.25, 0.3) is 0 Å². The molecular weight excluding hydrogens is 429 g/mol. The summed E-state index contributed by atoms with van der Waals surface area (Å²) in [6, 6.07) is 11.2. The summed E-state index contributed by atoms with van der Waals surface area (Å²) in [7, 11) is 0. The highest BCUT2D eigenvalue weighted by molar-refractivity contribution is 5.42. The van der Waals surface area contributed by atoms with Crippen molar-refractivity contribution in [2.24, 2.45) is 0 Å². The van der Waals surface area contributed by atoms with Gasteiger partial charge in [-0.05, 0) is 59.6 Å². The van der Waals surface area contributed by atoms with Crippen molar-refractivity contribution in [1.82, 2.24) is 0 Å². The molecule has 5 atom stereocenters. The summed E-state index contributed by atoms with van der Waals surface area (Å²) in [6.07, 6.45) is -8.45. The number of ether oxygens (including phenoxy) is 2. The van der Waals surface area contributed by atoms with Crippen molar-refractivity contribution in [1.29, 1.82) is 0 Å². The first-order chi connectivity index (χ1) is 15.2. The van der Waals surface area contributed by atoms with Crippen molar-refractivity contribution in [2.75, 3.05) is 6.61 Å². The number of aliphatic hydroxyl groups excluding tert-OH is 4. The molecule has 1 aliphatic carbocycles. The molecule has 2 fully saturated rings. The molecule has 0 bridgehead atoms. The smallest absolute Gasteiger partial charge is 0.406 e. The second kappa shape index (κ2) is 8.99. The fraction of sp³-hybridized carbons (Fsp3) is 0.478. The maximum Gasteiger partial charge on any atom is 0.573 e. The molecule has 174 valence electrons. The van der Waals surface area contributed by atoms with Crippen molar-refractivity contribution >= 4 is 0 Å². The van der Waals surface area contributed by atoms with Gasteiger partial charge in [0, 0.05) is 0 Å². The highest BCUT2D eigenvalue weighted by Crippen LogP contribution is 2.43. The Kier molecular flexibility index (Phi) is 6.46. The monoisotopic (exact) mass is 454 g/mol. The van der Waals surface area contributed by atoms with E-state index in [4.69, 9.17) is 4.74 Å². The van der Waals surface area contributed by atoms with Crippen LogP contribution in [0.3, 0.4) is 0 Å². The van der Waals surface area contributed by atoms with E-state index < -0.39 is 43.5 Å². The van der Waals surface area contributed by atoms with Gasteiger partial charge in [-0.2, -0.15) is 0 Å². The number of halogens is 3. The fourth-order valence-corrected chi connectivity index (χ4v) is 4.15. The van der Waals surface area contributed by atoms with Gasteiger partial charge in [-0.15, -0.1) is 13.2 Å². The third-order valence-electron chi connectivity index (χ3n) is 5.96. The van der Waals surface area contributed by atoms with Gasteiger partial charge in [-0.1, -0.05) is 30.3 Å². The Morgan fingerprint density at radius 2 is 1.62 bits per heavy atom. The van der Waals surface area contributed by atoms with Crippen LogP contribution in [0.5, 0.6) is 5.75 Å². The van der Waals surface area contributed by atoms with Crippen LogP contribution in [0.1, 0.15) is 47.1 Å². The maximum absolute atomic E-state index is 12.4. The quantitative estimate of drug-likeness (QED) is 0.536. The van der Waals surface area contributed by atoms with Crippen LogP contribution in [0.15, 0.2) is 42.5 Å². The van der Waals surface area contributed by atoms with Crippen LogP contribution in [0.2, 0.25) is 0 Å². The van der Waals surface area contributed by atoms with Crippen LogP contribution in [-0.2, 0) is 11.2 Å². The van der Waals surface area contributed by atoms with Gasteiger partial charge in [0.2, 0.25) is 0 Å². The van der Waals surface area contributed by atoms with E-state index in [1.165, 1.54) is 12.1 Å². The normalized spacial score (nSPS) is 28.5. The van der Waals surface area contributed by atoms with Gasteiger partial charge >= 0.3 is 6.36 Å². The highest BCUT2D eigenvalue weighted by atomic mass is 19.4. The number of alkyl halides is 3. The Hall–Kier alpha value is -2.17. The lowest BCUT2D eigenvalue weighted by Crippen LogP contribution is -2.55. The van der Waals surface area contributed by atoms with E-state index >= 15 is 0 Å². The molecule has 9 heteroatoms. The zero-order chi connectivity index (χ0) is 23.0.